The number of methoxy groups -OCH3 is 1. The first-order valence-corrected chi connectivity index (χ1v) is 6.37. The number of ether oxygens (including phenoxy) is 1. The molecular weight excluding hydrogens is 261 g/mol. The first-order valence-electron chi connectivity index (χ1n) is 6.37. The number of nitrogens with zero attached hydrogens (tertiary/aromatic N) is 2. The van der Waals surface area contributed by atoms with Crippen molar-refractivity contribution < 1.29 is 14.2 Å². The third-order valence-corrected chi connectivity index (χ3v) is 3.00. The lowest BCUT2D eigenvalue weighted by atomic mass is 10.2. The van der Waals surface area contributed by atoms with Crippen molar-refractivity contribution in [3.8, 4) is 5.75 Å². The van der Waals surface area contributed by atoms with E-state index in [0.717, 1.165) is 5.82 Å². The number of hydrogen-bond donors (Lipinski definition) is 2. The molecule has 2 N–H and O–H groups in total. The van der Waals surface area contributed by atoms with Crippen LogP contribution in [0.15, 0.2) is 30.6 Å². The molecule has 0 amide bonds. The number of hydrogen-bond acceptors (Lipinski definition) is 4. The van der Waals surface area contributed by atoms with Crippen molar-refractivity contribution in [3.63, 3.8) is 0 Å². The molecule has 0 spiro atoms. The molecule has 0 saturated carbocycles. The molecule has 0 atom stereocenters. The molecular formula is C14H18FN3O2. The molecule has 0 aliphatic carbocycles. The maximum atomic E-state index is 13.9. The van der Waals surface area contributed by atoms with Gasteiger partial charge in [-0.25, -0.2) is 9.37 Å². The van der Waals surface area contributed by atoms with E-state index < -0.39 is 0 Å². The van der Waals surface area contributed by atoms with Gasteiger partial charge in [0.2, 0.25) is 0 Å². The van der Waals surface area contributed by atoms with Crippen LogP contribution in [0, 0.1) is 5.82 Å². The third-order valence-electron chi connectivity index (χ3n) is 3.00. The Balaban J connectivity index is 2.07. The minimum absolute atomic E-state index is 0.0124. The van der Waals surface area contributed by atoms with Crippen LogP contribution in [0.1, 0.15) is 11.4 Å². The van der Waals surface area contributed by atoms with E-state index in [1.807, 2.05) is 4.90 Å². The SMILES string of the molecule is COc1ccc(CN(CCO)Cc2ncc[nH]2)c(F)c1. The Morgan fingerprint density at radius 1 is 1.40 bits per heavy atom. The lowest BCUT2D eigenvalue weighted by molar-refractivity contribution is 0.180. The highest BCUT2D eigenvalue weighted by atomic mass is 19.1. The topological polar surface area (TPSA) is 61.4 Å². The maximum Gasteiger partial charge on any atom is 0.131 e. The van der Waals surface area contributed by atoms with E-state index in [9.17, 15) is 4.39 Å². The summed E-state index contributed by atoms with van der Waals surface area (Å²) in [5.74, 6) is 0.963. The van der Waals surface area contributed by atoms with E-state index in [0.29, 0.717) is 30.9 Å². The maximum absolute atomic E-state index is 13.9. The summed E-state index contributed by atoms with van der Waals surface area (Å²) in [6.07, 6.45) is 3.40. The quantitative estimate of drug-likeness (QED) is 0.807. The summed E-state index contributed by atoms with van der Waals surface area (Å²) in [7, 11) is 1.50. The second-order valence-corrected chi connectivity index (χ2v) is 4.43. The van der Waals surface area contributed by atoms with Crippen molar-refractivity contribution in [3.05, 3.63) is 47.8 Å². The van der Waals surface area contributed by atoms with Gasteiger partial charge >= 0.3 is 0 Å². The molecule has 108 valence electrons. The minimum Gasteiger partial charge on any atom is -0.497 e. The highest BCUT2D eigenvalue weighted by Gasteiger charge is 2.11. The number of rotatable bonds is 7. The van der Waals surface area contributed by atoms with Crippen molar-refractivity contribution in [2.45, 2.75) is 13.1 Å². The van der Waals surface area contributed by atoms with Crippen LogP contribution < -0.4 is 4.74 Å². The molecule has 2 rings (SSSR count). The zero-order valence-electron chi connectivity index (χ0n) is 11.3. The van der Waals surface area contributed by atoms with E-state index in [2.05, 4.69) is 9.97 Å². The fourth-order valence-corrected chi connectivity index (χ4v) is 1.98. The number of aromatic nitrogens is 2. The molecule has 0 aliphatic rings. The monoisotopic (exact) mass is 279 g/mol. The Kier molecular flexibility index (Phi) is 5.09. The third kappa shape index (κ3) is 3.79. The van der Waals surface area contributed by atoms with Crippen LogP contribution in [0.5, 0.6) is 5.75 Å². The van der Waals surface area contributed by atoms with Crippen molar-refractivity contribution in [2.75, 3.05) is 20.3 Å². The Labute approximate surface area is 117 Å². The fourth-order valence-electron chi connectivity index (χ4n) is 1.98. The molecule has 0 unspecified atom stereocenters. The predicted octanol–water partition coefficient (Wildman–Crippen LogP) is 1.55. The zero-order valence-corrected chi connectivity index (χ0v) is 11.3. The molecule has 0 bridgehead atoms. The van der Waals surface area contributed by atoms with E-state index in [4.69, 9.17) is 9.84 Å². The average molecular weight is 279 g/mol. The average Bonchev–Trinajstić information content (AvgIpc) is 2.94. The van der Waals surface area contributed by atoms with Gasteiger partial charge in [-0.3, -0.25) is 4.90 Å². The van der Waals surface area contributed by atoms with Crippen molar-refractivity contribution in [1.29, 1.82) is 0 Å². The number of H-pyrrole nitrogens is 1. The molecule has 0 radical (unpaired) electrons. The summed E-state index contributed by atoms with van der Waals surface area (Å²) in [5.41, 5.74) is 0.561. The highest BCUT2D eigenvalue weighted by molar-refractivity contribution is 5.28. The lowest BCUT2D eigenvalue weighted by Gasteiger charge is -2.20. The second-order valence-electron chi connectivity index (χ2n) is 4.43. The summed E-state index contributed by atoms with van der Waals surface area (Å²) in [5, 5.41) is 9.11. The van der Waals surface area contributed by atoms with Gasteiger partial charge in [0, 0.05) is 37.1 Å². The van der Waals surface area contributed by atoms with Gasteiger partial charge < -0.3 is 14.8 Å². The van der Waals surface area contributed by atoms with Gasteiger partial charge in [-0.05, 0) is 6.07 Å². The van der Waals surface area contributed by atoms with Gasteiger partial charge in [0.25, 0.3) is 0 Å². The van der Waals surface area contributed by atoms with Gasteiger partial charge in [0.05, 0.1) is 20.3 Å². The van der Waals surface area contributed by atoms with Crippen LogP contribution in [0.25, 0.3) is 0 Å². The number of aliphatic hydroxyl groups excluding tert-OH is 1. The summed E-state index contributed by atoms with van der Waals surface area (Å²) < 4.78 is 18.9. The van der Waals surface area contributed by atoms with Crippen LogP contribution in [-0.2, 0) is 13.1 Å². The number of imidazole rings is 1. The van der Waals surface area contributed by atoms with Crippen LogP contribution in [0.4, 0.5) is 4.39 Å². The number of halogens is 1. The molecule has 5 nitrogen and oxygen atoms in total. The second kappa shape index (κ2) is 7.02. The van der Waals surface area contributed by atoms with Gasteiger partial charge in [-0.2, -0.15) is 0 Å². The van der Waals surface area contributed by atoms with Crippen molar-refractivity contribution in [2.24, 2.45) is 0 Å². The number of nitrogens with one attached hydrogen (secondary N) is 1. The Bertz CT molecular complexity index is 531. The number of benzene rings is 1. The van der Waals surface area contributed by atoms with Crippen LogP contribution in [0.3, 0.4) is 0 Å². The Hall–Kier alpha value is -1.92. The number of aliphatic hydroxyl groups is 1. The summed E-state index contributed by atoms with van der Waals surface area (Å²) >= 11 is 0. The summed E-state index contributed by atoms with van der Waals surface area (Å²) in [6.45, 7) is 1.39. The molecule has 2 aromatic rings. The molecule has 6 heteroatoms. The first kappa shape index (κ1) is 14.5. The van der Waals surface area contributed by atoms with E-state index in [1.165, 1.54) is 13.2 Å². The first-order chi connectivity index (χ1) is 9.72. The van der Waals surface area contributed by atoms with Crippen LogP contribution >= 0.6 is 0 Å². The lowest BCUT2D eigenvalue weighted by Crippen LogP contribution is -2.27. The van der Waals surface area contributed by atoms with Gasteiger partial charge in [-0.15, -0.1) is 0 Å². The van der Waals surface area contributed by atoms with E-state index in [1.54, 1.807) is 24.5 Å². The van der Waals surface area contributed by atoms with Crippen LogP contribution in [-0.4, -0.2) is 40.2 Å². The van der Waals surface area contributed by atoms with Crippen molar-refractivity contribution in [1.82, 2.24) is 14.9 Å². The largest absolute Gasteiger partial charge is 0.497 e. The molecule has 20 heavy (non-hydrogen) atoms. The summed E-state index contributed by atoms with van der Waals surface area (Å²) in [6, 6.07) is 4.78. The van der Waals surface area contributed by atoms with Gasteiger partial charge in [0.1, 0.15) is 17.4 Å². The molecule has 0 saturated heterocycles. The highest BCUT2D eigenvalue weighted by Crippen LogP contribution is 2.18. The van der Waals surface area contributed by atoms with E-state index in [-0.39, 0.29) is 12.4 Å². The molecule has 1 heterocycles. The van der Waals surface area contributed by atoms with Gasteiger partial charge in [0.15, 0.2) is 0 Å². The molecule has 0 aliphatic heterocycles. The molecule has 1 aromatic carbocycles. The summed E-state index contributed by atoms with van der Waals surface area (Å²) in [4.78, 5) is 9.05. The van der Waals surface area contributed by atoms with Crippen molar-refractivity contribution >= 4 is 0 Å². The van der Waals surface area contributed by atoms with Crippen LogP contribution in [0.2, 0.25) is 0 Å². The number of aromatic amines is 1. The van der Waals surface area contributed by atoms with Gasteiger partial charge in [-0.1, -0.05) is 6.07 Å². The Morgan fingerprint density at radius 2 is 2.25 bits per heavy atom. The Morgan fingerprint density at radius 3 is 2.85 bits per heavy atom. The minimum atomic E-state index is -0.313. The fraction of sp³-hybridized carbons (Fsp3) is 0.357. The molecule has 0 fully saturated rings. The smallest absolute Gasteiger partial charge is 0.131 e. The standard InChI is InChI=1S/C14H18FN3O2/c1-20-12-3-2-11(13(15)8-12)9-18(6-7-19)10-14-16-4-5-17-14/h2-5,8,19H,6-7,9-10H2,1H3,(H,16,17). The normalized spacial score (nSPS) is 11.0. The predicted molar refractivity (Wildman–Crippen MR) is 72.7 cm³/mol. The van der Waals surface area contributed by atoms with E-state index >= 15 is 0 Å². The molecule has 1 aromatic heterocycles. The zero-order chi connectivity index (χ0) is 14.4.